The predicted molar refractivity (Wildman–Crippen MR) is 83.1 cm³/mol. The van der Waals surface area contributed by atoms with Gasteiger partial charge in [0.25, 0.3) is 0 Å². The molecule has 0 aliphatic heterocycles. The summed E-state index contributed by atoms with van der Waals surface area (Å²) in [6.45, 7) is 4.92. The number of nitrogens with zero attached hydrogens (tertiary/aromatic N) is 2. The fraction of sp³-hybridized carbons (Fsp3) is 0.600. The van der Waals surface area contributed by atoms with E-state index >= 15 is 0 Å². The summed E-state index contributed by atoms with van der Waals surface area (Å²) in [5.74, 6) is 0.791. The highest BCUT2D eigenvalue weighted by Crippen LogP contribution is 2.27. The average molecular weight is 265 g/mol. The van der Waals surface area contributed by atoms with Gasteiger partial charge in [-0.2, -0.15) is 0 Å². The highest BCUT2D eigenvalue weighted by molar-refractivity contribution is 5.62. The number of anilines is 2. The van der Waals surface area contributed by atoms with Gasteiger partial charge in [0.15, 0.2) is 0 Å². The zero-order valence-electron chi connectivity index (χ0n) is 12.6. The minimum absolute atomic E-state index is 0.706. The molecule has 0 saturated heterocycles. The van der Waals surface area contributed by atoms with Crippen molar-refractivity contribution in [2.75, 3.05) is 51.5 Å². The summed E-state index contributed by atoms with van der Waals surface area (Å²) < 4.78 is 5.66. The van der Waals surface area contributed by atoms with E-state index in [1.165, 1.54) is 0 Å². The van der Waals surface area contributed by atoms with Crippen LogP contribution in [0.1, 0.15) is 19.8 Å². The Balaban J connectivity index is 2.61. The Kier molecular flexibility index (Phi) is 6.50. The van der Waals surface area contributed by atoms with E-state index in [0.717, 1.165) is 37.4 Å². The molecule has 0 bridgehead atoms. The average Bonchev–Trinajstić information content (AvgIpc) is 2.37. The van der Waals surface area contributed by atoms with Gasteiger partial charge in [0.1, 0.15) is 5.75 Å². The summed E-state index contributed by atoms with van der Waals surface area (Å²) in [6.07, 6.45) is 2.13. The van der Waals surface area contributed by atoms with E-state index in [0.29, 0.717) is 12.3 Å². The topological polar surface area (TPSA) is 41.7 Å². The van der Waals surface area contributed by atoms with Crippen LogP contribution in [-0.4, -0.2) is 45.7 Å². The summed E-state index contributed by atoms with van der Waals surface area (Å²) in [7, 11) is 6.30. The third kappa shape index (κ3) is 5.39. The lowest BCUT2D eigenvalue weighted by Crippen LogP contribution is -2.23. The second kappa shape index (κ2) is 7.89. The molecule has 0 spiro atoms. The molecule has 2 N–H and O–H groups in total. The van der Waals surface area contributed by atoms with E-state index in [1.54, 1.807) is 0 Å². The second-order valence-electron chi connectivity index (χ2n) is 5.15. The van der Waals surface area contributed by atoms with Crippen LogP contribution in [0.5, 0.6) is 5.75 Å². The van der Waals surface area contributed by atoms with Crippen LogP contribution in [0, 0.1) is 0 Å². The molecule has 0 atom stereocenters. The lowest BCUT2D eigenvalue weighted by Gasteiger charge is -2.21. The maximum absolute atomic E-state index is 5.92. The summed E-state index contributed by atoms with van der Waals surface area (Å²) in [4.78, 5) is 4.44. The van der Waals surface area contributed by atoms with E-state index in [-0.39, 0.29) is 0 Å². The van der Waals surface area contributed by atoms with Crippen LogP contribution < -0.4 is 15.4 Å². The first-order chi connectivity index (χ1) is 9.04. The summed E-state index contributed by atoms with van der Waals surface area (Å²) in [5, 5.41) is 0. The Morgan fingerprint density at radius 1 is 1.16 bits per heavy atom. The highest BCUT2D eigenvalue weighted by Gasteiger charge is 2.06. The van der Waals surface area contributed by atoms with Gasteiger partial charge in [0.2, 0.25) is 0 Å². The molecule has 19 heavy (non-hydrogen) atoms. The van der Waals surface area contributed by atoms with Crippen molar-refractivity contribution in [2.24, 2.45) is 0 Å². The molecule has 0 fully saturated rings. The molecule has 0 aromatic heterocycles. The van der Waals surface area contributed by atoms with Gasteiger partial charge in [-0.1, -0.05) is 6.92 Å². The SMILES string of the molecule is CCCOc1cc(N(C)CCCN(C)C)ccc1N. The van der Waals surface area contributed by atoms with Crippen molar-refractivity contribution in [1.82, 2.24) is 4.90 Å². The third-order valence-corrected chi connectivity index (χ3v) is 3.00. The van der Waals surface area contributed by atoms with Crippen LogP contribution in [0.3, 0.4) is 0 Å². The Morgan fingerprint density at radius 2 is 1.89 bits per heavy atom. The van der Waals surface area contributed by atoms with Gasteiger partial charge in [0.05, 0.1) is 12.3 Å². The molecule has 0 amide bonds. The molecule has 1 aromatic rings. The molecular weight excluding hydrogens is 238 g/mol. The Hall–Kier alpha value is -1.42. The van der Waals surface area contributed by atoms with Crippen molar-refractivity contribution < 1.29 is 4.74 Å². The van der Waals surface area contributed by atoms with Crippen molar-refractivity contribution in [3.63, 3.8) is 0 Å². The van der Waals surface area contributed by atoms with Crippen molar-refractivity contribution in [3.05, 3.63) is 18.2 Å². The molecule has 4 heteroatoms. The number of rotatable bonds is 8. The number of ether oxygens (including phenoxy) is 1. The van der Waals surface area contributed by atoms with Gasteiger partial charge in [-0.15, -0.1) is 0 Å². The highest BCUT2D eigenvalue weighted by atomic mass is 16.5. The van der Waals surface area contributed by atoms with E-state index in [9.17, 15) is 0 Å². The van der Waals surface area contributed by atoms with Gasteiger partial charge >= 0.3 is 0 Å². The standard InChI is InChI=1S/C15H27N3O/c1-5-11-19-15-12-13(7-8-14(15)16)18(4)10-6-9-17(2)3/h7-8,12H,5-6,9-11,16H2,1-4H3. The van der Waals surface area contributed by atoms with Gasteiger partial charge in [0, 0.05) is 25.3 Å². The number of benzene rings is 1. The van der Waals surface area contributed by atoms with Crippen molar-refractivity contribution in [3.8, 4) is 5.75 Å². The van der Waals surface area contributed by atoms with Gasteiger partial charge in [-0.25, -0.2) is 0 Å². The molecule has 0 saturated carbocycles. The Bertz CT molecular complexity index is 380. The molecular formula is C15H27N3O. The monoisotopic (exact) mass is 265 g/mol. The molecule has 4 nitrogen and oxygen atoms in total. The van der Waals surface area contributed by atoms with E-state index in [2.05, 4.69) is 37.9 Å². The molecule has 108 valence electrons. The van der Waals surface area contributed by atoms with E-state index in [4.69, 9.17) is 10.5 Å². The minimum Gasteiger partial charge on any atom is -0.491 e. The number of hydrogen-bond acceptors (Lipinski definition) is 4. The van der Waals surface area contributed by atoms with Crippen molar-refractivity contribution in [2.45, 2.75) is 19.8 Å². The number of nitrogen functional groups attached to an aromatic ring is 1. The smallest absolute Gasteiger partial charge is 0.144 e. The zero-order valence-corrected chi connectivity index (χ0v) is 12.6. The normalized spacial score (nSPS) is 10.8. The Labute approximate surface area is 117 Å². The van der Waals surface area contributed by atoms with Gasteiger partial charge in [-0.05, 0) is 45.6 Å². The number of nitrogens with two attached hydrogens (primary N) is 1. The lowest BCUT2D eigenvalue weighted by atomic mass is 10.2. The van der Waals surface area contributed by atoms with Crippen LogP contribution in [0.2, 0.25) is 0 Å². The molecule has 0 aliphatic rings. The maximum atomic E-state index is 5.92. The Morgan fingerprint density at radius 3 is 2.53 bits per heavy atom. The molecule has 0 unspecified atom stereocenters. The van der Waals surface area contributed by atoms with Crippen LogP contribution >= 0.6 is 0 Å². The second-order valence-corrected chi connectivity index (χ2v) is 5.15. The largest absolute Gasteiger partial charge is 0.491 e. The molecule has 0 radical (unpaired) electrons. The van der Waals surface area contributed by atoms with Crippen molar-refractivity contribution in [1.29, 1.82) is 0 Å². The third-order valence-electron chi connectivity index (χ3n) is 3.00. The molecule has 0 heterocycles. The van der Waals surface area contributed by atoms with E-state index < -0.39 is 0 Å². The summed E-state index contributed by atoms with van der Waals surface area (Å²) >= 11 is 0. The molecule has 1 aromatic carbocycles. The zero-order chi connectivity index (χ0) is 14.3. The molecule has 0 aliphatic carbocycles. The fourth-order valence-electron chi connectivity index (χ4n) is 1.85. The first kappa shape index (κ1) is 15.6. The summed E-state index contributed by atoms with van der Waals surface area (Å²) in [5.41, 5.74) is 7.78. The fourth-order valence-corrected chi connectivity index (χ4v) is 1.85. The van der Waals surface area contributed by atoms with Gasteiger partial charge in [-0.3, -0.25) is 0 Å². The van der Waals surface area contributed by atoms with Crippen LogP contribution in [0.25, 0.3) is 0 Å². The minimum atomic E-state index is 0.706. The maximum Gasteiger partial charge on any atom is 0.144 e. The molecule has 1 rings (SSSR count). The summed E-state index contributed by atoms with van der Waals surface area (Å²) in [6, 6.07) is 5.99. The first-order valence-corrected chi connectivity index (χ1v) is 6.92. The van der Waals surface area contributed by atoms with Crippen molar-refractivity contribution >= 4 is 11.4 Å². The van der Waals surface area contributed by atoms with Gasteiger partial charge < -0.3 is 20.3 Å². The lowest BCUT2D eigenvalue weighted by molar-refractivity contribution is 0.319. The number of hydrogen-bond donors (Lipinski definition) is 1. The predicted octanol–water partition coefficient (Wildman–Crippen LogP) is 2.45. The quantitative estimate of drug-likeness (QED) is 0.733. The first-order valence-electron chi connectivity index (χ1n) is 6.92. The van der Waals surface area contributed by atoms with Crippen LogP contribution in [-0.2, 0) is 0 Å². The van der Waals surface area contributed by atoms with E-state index in [1.807, 2.05) is 18.2 Å². The van der Waals surface area contributed by atoms with Crippen LogP contribution in [0.4, 0.5) is 11.4 Å². The van der Waals surface area contributed by atoms with Crippen LogP contribution in [0.15, 0.2) is 18.2 Å².